The Bertz CT molecular complexity index is 2010. The van der Waals surface area contributed by atoms with Crippen molar-refractivity contribution in [1.82, 2.24) is 0 Å². The lowest BCUT2D eigenvalue weighted by atomic mass is 10.0. The second-order valence-electron chi connectivity index (χ2n) is 32.0. The molecular weight excluding hydrogens is 1350 g/mol. The molecule has 17 nitrogen and oxygen atoms in total. The van der Waals surface area contributed by atoms with E-state index in [9.17, 15) is 43.2 Å². The van der Waals surface area contributed by atoms with Gasteiger partial charge in [0.05, 0.1) is 26.4 Å². The Balaban J connectivity index is 5.25. The Morgan fingerprint density at radius 2 is 0.442 bits per heavy atom. The van der Waals surface area contributed by atoms with Gasteiger partial charge in [-0.15, -0.1) is 0 Å². The molecule has 2 unspecified atom stereocenters. The molecule has 0 fully saturated rings. The summed E-state index contributed by atoms with van der Waals surface area (Å²) in [5.41, 5.74) is 0. The van der Waals surface area contributed by atoms with Gasteiger partial charge in [-0.1, -0.05) is 395 Å². The van der Waals surface area contributed by atoms with Gasteiger partial charge in [-0.3, -0.25) is 37.3 Å². The van der Waals surface area contributed by atoms with E-state index in [2.05, 4.69) is 48.5 Å². The summed E-state index contributed by atoms with van der Waals surface area (Å²) in [4.78, 5) is 73.2. The molecule has 0 rings (SSSR count). The van der Waals surface area contributed by atoms with Crippen LogP contribution in [-0.2, 0) is 65.4 Å². The van der Waals surface area contributed by atoms with Crippen molar-refractivity contribution in [1.29, 1.82) is 0 Å². The van der Waals surface area contributed by atoms with Crippen molar-refractivity contribution in [3.05, 3.63) is 0 Å². The molecule has 0 aromatic rings. The van der Waals surface area contributed by atoms with Crippen molar-refractivity contribution < 1.29 is 80.2 Å². The molecule has 5 atom stereocenters. The predicted octanol–water partition coefficient (Wildman–Crippen LogP) is 25.7. The van der Waals surface area contributed by atoms with Crippen molar-refractivity contribution in [3.63, 3.8) is 0 Å². The van der Waals surface area contributed by atoms with E-state index < -0.39 is 97.5 Å². The Kier molecular flexibility index (Phi) is 73.7. The number of esters is 4. The highest BCUT2D eigenvalue weighted by Crippen LogP contribution is 2.45. The molecule has 0 aliphatic rings. The average Bonchev–Trinajstić information content (AvgIpc) is 0.928. The molecule has 19 heteroatoms. The van der Waals surface area contributed by atoms with E-state index in [0.29, 0.717) is 25.7 Å². The van der Waals surface area contributed by atoms with Crippen LogP contribution < -0.4 is 0 Å². The number of carbonyl (C=O) groups excluding carboxylic acids is 4. The van der Waals surface area contributed by atoms with Crippen LogP contribution >= 0.6 is 15.6 Å². The molecule has 0 aliphatic heterocycles. The number of aliphatic hydroxyl groups excluding tert-OH is 1. The summed E-state index contributed by atoms with van der Waals surface area (Å²) in [6.07, 6.45) is 65.3. The molecule has 104 heavy (non-hydrogen) atoms. The van der Waals surface area contributed by atoms with E-state index in [1.807, 2.05) is 0 Å². The molecule has 0 aromatic carbocycles. The number of hydrogen-bond donors (Lipinski definition) is 3. The smallest absolute Gasteiger partial charge is 0.462 e. The summed E-state index contributed by atoms with van der Waals surface area (Å²) in [5, 5.41) is 10.7. The first kappa shape index (κ1) is 102. The number of phosphoric acid groups is 2. The van der Waals surface area contributed by atoms with Crippen molar-refractivity contribution >= 4 is 39.5 Å². The SMILES string of the molecule is CCCCCCCCCCCCCCCCCCCCCCCC(=O)O[C@H](COC(=O)CCCCCCCCCCCCCCCCC(C)C)COP(=O)(O)OC[C@@H](O)COP(=O)(O)OC[C@@H](COC(=O)CCCCCCCCCCCC(C)C)OC(=O)CCCCCCCCCCCCCC(C)C. The minimum Gasteiger partial charge on any atom is -0.462 e. The predicted molar refractivity (Wildman–Crippen MR) is 428 cm³/mol. The molecule has 0 bridgehead atoms. The number of rotatable bonds is 83. The van der Waals surface area contributed by atoms with Crippen LogP contribution in [0.15, 0.2) is 0 Å². The summed E-state index contributed by atoms with van der Waals surface area (Å²) in [7, 11) is -9.93. The third-order valence-electron chi connectivity index (χ3n) is 19.9. The van der Waals surface area contributed by atoms with Gasteiger partial charge >= 0.3 is 39.5 Å². The maximum Gasteiger partial charge on any atom is 0.472 e. The quantitative estimate of drug-likeness (QED) is 0.0222. The van der Waals surface area contributed by atoms with Crippen LogP contribution in [0.3, 0.4) is 0 Å². The minimum absolute atomic E-state index is 0.106. The third-order valence-corrected chi connectivity index (χ3v) is 21.8. The number of hydrogen-bond acceptors (Lipinski definition) is 15. The largest absolute Gasteiger partial charge is 0.472 e. The maximum absolute atomic E-state index is 13.1. The van der Waals surface area contributed by atoms with Gasteiger partial charge in [0.25, 0.3) is 0 Å². The summed E-state index contributed by atoms with van der Waals surface area (Å²) in [5.74, 6) is 0.202. The fraction of sp³-hybridized carbons (Fsp3) is 0.953. The lowest BCUT2D eigenvalue weighted by molar-refractivity contribution is -0.161. The van der Waals surface area contributed by atoms with Crippen molar-refractivity contribution in [2.45, 2.75) is 465 Å². The molecule has 3 N–H and O–H groups in total. The Labute approximate surface area is 638 Å². The highest BCUT2D eigenvalue weighted by molar-refractivity contribution is 7.47. The summed E-state index contributed by atoms with van der Waals surface area (Å²) in [6.45, 7) is 12.0. The number of carbonyl (C=O) groups is 4. The molecule has 618 valence electrons. The Hall–Kier alpha value is -1.94. The van der Waals surface area contributed by atoms with E-state index in [1.165, 1.54) is 257 Å². The topological polar surface area (TPSA) is 237 Å². The number of phosphoric ester groups is 2. The highest BCUT2D eigenvalue weighted by Gasteiger charge is 2.30. The highest BCUT2D eigenvalue weighted by atomic mass is 31.2. The first-order chi connectivity index (χ1) is 50.2. The fourth-order valence-electron chi connectivity index (χ4n) is 13.2. The summed E-state index contributed by atoms with van der Waals surface area (Å²) < 4.78 is 68.9. The van der Waals surface area contributed by atoms with Crippen LogP contribution in [0, 0.1) is 17.8 Å². The molecule has 0 saturated heterocycles. The van der Waals surface area contributed by atoms with Crippen molar-refractivity contribution in [2.75, 3.05) is 39.6 Å². The van der Waals surface area contributed by atoms with Crippen molar-refractivity contribution in [2.24, 2.45) is 17.8 Å². The molecule has 0 amide bonds. The van der Waals surface area contributed by atoms with Crippen LogP contribution in [-0.4, -0.2) is 96.7 Å². The molecule has 0 saturated carbocycles. The van der Waals surface area contributed by atoms with Crippen LogP contribution in [0.4, 0.5) is 0 Å². The van der Waals surface area contributed by atoms with Gasteiger partial charge in [-0.2, -0.15) is 0 Å². The van der Waals surface area contributed by atoms with Crippen molar-refractivity contribution in [3.8, 4) is 0 Å². The van der Waals surface area contributed by atoms with E-state index in [1.54, 1.807) is 0 Å². The lowest BCUT2D eigenvalue weighted by Crippen LogP contribution is -2.30. The average molecular weight is 1520 g/mol. The van der Waals surface area contributed by atoms with Crippen LogP contribution in [0.2, 0.25) is 0 Å². The van der Waals surface area contributed by atoms with Crippen LogP contribution in [0.5, 0.6) is 0 Å². The second kappa shape index (κ2) is 75.1. The van der Waals surface area contributed by atoms with Crippen LogP contribution in [0.1, 0.15) is 447 Å². The zero-order valence-corrected chi connectivity index (χ0v) is 70.3. The van der Waals surface area contributed by atoms with Gasteiger partial charge in [0, 0.05) is 25.7 Å². The fourth-order valence-corrected chi connectivity index (χ4v) is 14.8. The molecule has 0 heterocycles. The minimum atomic E-state index is -4.97. The standard InChI is InChI=1S/C85H166O17P2/c1-8-9-10-11-12-13-14-15-16-17-18-19-20-21-22-27-32-39-47-54-61-68-84(89)101-80(72-95-82(87)66-59-52-45-38-31-26-24-23-25-29-35-42-49-56-63-76(2)3)74-99-103(91,92)97-70-79(86)71-98-104(93,94)100-75-81(73-96-83(88)67-60-53-46-41-34-37-44-51-58-65-78(6)7)102-85(90)69-62-55-48-40-33-28-30-36-43-50-57-64-77(4)5/h76-81,86H,8-75H2,1-7H3,(H,91,92)(H,93,94)/t79-,80-,81-/m1/s1. The maximum atomic E-state index is 13.1. The number of unbranched alkanes of at least 4 members (excludes halogenated alkanes) is 51. The second-order valence-corrected chi connectivity index (χ2v) is 34.9. The molecule has 0 aliphatic carbocycles. The normalized spacial score (nSPS) is 13.9. The zero-order chi connectivity index (χ0) is 76.5. The van der Waals surface area contributed by atoms with Crippen LogP contribution in [0.25, 0.3) is 0 Å². The monoisotopic (exact) mass is 1520 g/mol. The van der Waals surface area contributed by atoms with Gasteiger partial charge in [-0.05, 0) is 43.4 Å². The van der Waals surface area contributed by atoms with E-state index in [-0.39, 0.29) is 25.7 Å². The summed E-state index contributed by atoms with van der Waals surface area (Å²) >= 11 is 0. The molecule has 0 radical (unpaired) electrons. The van der Waals surface area contributed by atoms with Gasteiger partial charge < -0.3 is 33.8 Å². The van der Waals surface area contributed by atoms with E-state index in [0.717, 1.165) is 108 Å². The zero-order valence-electron chi connectivity index (χ0n) is 68.5. The molecular formula is C85H166O17P2. The lowest BCUT2D eigenvalue weighted by Gasteiger charge is -2.21. The Morgan fingerprint density at radius 1 is 0.260 bits per heavy atom. The van der Waals surface area contributed by atoms with Gasteiger partial charge in [0.15, 0.2) is 12.2 Å². The van der Waals surface area contributed by atoms with Gasteiger partial charge in [-0.25, -0.2) is 9.13 Å². The first-order valence-electron chi connectivity index (χ1n) is 43.8. The molecule has 0 spiro atoms. The number of aliphatic hydroxyl groups is 1. The molecule has 0 aromatic heterocycles. The Morgan fingerprint density at radius 3 is 0.654 bits per heavy atom. The van der Waals surface area contributed by atoms with Gasteiger partial charge in [0.2, 0.25) is 0 Å². The van der Waals surface area contributed by atoms with E-state index >= 15 is 0 Å². The van der Waals surface area contributed by atoms with Gasteiger partial charge in [0.1, 0.15) is 19.3 Å². The summed E-state index contributed by atoms with van der Waals surface area (Å²) in [6, 6.07) is 0. The first-order valence-corrected chi connectivity index (χ1v) is 46.8. The number of ether oxygens (including phenoxy) is 4. The van der Waals surface area contributed by atoms with E-state index in [4.69, 9.17) is 37.0 Å². The third kappa shape index (κ3) is 78.2.